The second-order valence-electron chi connectivity index (χ2n) is 10.8. The molecule has 1 saturated heterocycles. The maximum absolute atomic E-state index is 16.1. The Morgan fingerprint density at radius 1 is 1.16 bits per heavy atom. The smallest absolute Gasteiger partial charge is 0.459 e. The van der Waals surface area contributed by atoms with Crippen molar-refractivity contribution in [3.05, 3.63) is 43.0 Å². The fourth-order valence-electron chi connectivity index (χ4n) is 4.23. The Labute approximate surface area is 247 Å². The van der Waals surface area contributed by atoms with Gasteiger partial charge in [-0.15, -0.1) is 0 Å². The number of carbonyl (C=O) groups excluding carboxylic acids is 2. The predicted octanol–water partition coefficient (Wildman–Crippen LogP) is 3.54. The van der Waals surface area contributed by atoms with Crippen molar-refractivity contribution < 1.29 is 42.2 Å². The summed E-state index contributed by atoms with van der Waals surface area (Å²) in [7, 11) is -4.31. The van der Waals surface area contributed by atoms with Crippen LogP contribution in [-0.4, -0.2) is 73.1 Å². The second-order valence-corrected chi connectivity index (χ2v) is 12.5. The molecule has 2 aromatic heterocycles. The van der Waals surface area contributed by atoms with E-state index in [0.29, 0.717) is 0 Å². The van der Waals surface area contributed by atoms with Gasteiger partial charge in [0.1, 0.15) is 30.3 Å². The topological polar surface area (TPSA) is 176 Å². The highest BCUT2D eigenvalue weighted by Crippen LogP contribution is 2.48. The second kappa shape index (κ2) is 13.0. The molecule has 14 nitrogen and oxygen atoms in total. The van der Waals surface area contributed by atoms with E-state index < -0.39 is 56.6 Å². The van der Waals surface area contributed by atoms with Crippen LogP contribution in [0.1, 0.15) is 47.8 Å². The zero-order chi connectivity index (χ0) is 31.5. The minimum Gasteiger partial charge on any atom is -0.462 e. The highest BCUT2D eigenvalue weighted by Gasteiger charge is 2.56. The lowest BCUT2D eigenvalue weighted by atomic mass is 9.98. The third-order valence-electron chi connectivity index (χ3n) is 6.53. The summed E-state index contributed by atoms with van der Waals surface area (Å²) in [5.74, 6) is -1.000. The lowest BCUT2D eigenvalue weighted by molar-refractivity contribution is -0.149. The van der Waals surface area contributed by atoms with Crippen LogP contribution in [0.2, 0.25) is 0 Å². The first-order valence-electron chi connectivity index (χ1n) is 13.7. The van der Waals surface area contributed by atoms with Crippen LogP contribution in [0.4, 0.5) is 10.2 Å². The van der Waals surface area contributed by atoms with Crippen LogP contribution in [-0.2, 0) is 28.2 Å². The quantitative estimate of drug-likeness (QED) is 0.198. The molecule has 43 heavy (non-hydrogen) atoms. The van der Waals surface area contributed by atoms with Gasteiger partial charge in [0.05, 0.1) is 19.0 Å². The van der Waals surface area contributed by atoms with Crippen LogP contribution < -0.4 is 14.9 Å². The Balaban J connectivity index is 1.55. The first-order chi connectivity index (χ1) is 20.2. The summed E-state index contributed by atoms with van der Waals surface area (Å²) < 4.78 is 53.4. The molecule has 6 atom stereocenters. The molecule has 0 radical (unpaired) electrons. The SMILES string of the molecule is CC(C)OC(=O)[C@H](C)NP(=O)(OC[C@H]1O[C@@H](n2cnc3c(NC(=O)C(C)C)ncnc32)[C@](C)(F)[C@@H]1O)Oc1ccccc1. The first kappa shape index (κ1) is 32.4. The van der Waals surface area contributed by atoms with E-state index in [2.05, 4.69) is 25.4 Å². The van der Waals surface area contributed by atoms with E-state index in [9.17, 15) is 19.3 Å². The summed E-state index contributed by atoms with van der Waals surface area (Å²) in [6.07, 6.45) is -2.48. The van der Waals surface area contributed by atoms with Crippen molar-refractivity contribution in [2.75, 3.05) is 11.9 Å². The molecule has 1 unspecified atom stereocenters. The van der Waals surface area contributed by atoms with Crippen LogP contribution in [0.3, 0.4) is 0 Å². The molecule has 3 aromatic rings. The van der Waals surface area contributed by atoms with Gasteiger partial charge in [0.25, 0.3) is 0 Å². The van der Waals surface area contributed by atoms with Crippen molar-refractivity contribution in [3.63, 3.8) is 0 Å². The highest BCUT2D eigenvalue weighted by molar-refractivity contribution is 7.52. The first-order valence-corrected chi connectivity index (χ1v) is 15.2. The van der Waals surface area contributed by atoms with Gasteiger partial charge in [-0.2, -0.15) is 5.09 Å². The van der Waals surface area contributed by atoms with Crippen molar-refractivity contribution in [3.8, 4) is 5.75 Å². The number of hydrogen-bond donors (Lipinski definition) is 3. The number of aliphatic hydroxyl groups excluding tert-OH is 1. The van der Waals surface area contributed by atoms with Crippen LogP contribution >= 0.6 is 7.75 Å². The molecule has 1 aliphatic rings. The largest absolute Gasteiger partial charge is 0.462 e. The van der Waals surface area contributed by atoms with Crippen LogP contribution in [0.15, 0.2) is 43.0 Å². The number of nitrogens with one attached hydrogen (secondary N) is 2. The number of esters is 1. The minimum absolute atomic E-state index is 0.136. The third-order valence-corrected chi connectivity index (χ3v) is 8.17. The Bertz CT molecular complexity index is 1490. The van der Waals surface area contributed by atoms with Crippen molar-refractivity contribution >= 4 is 36.6 Å². The maximum Gasteiger partial charge on any atom is 0.459 e. The summed E-state index contributed by atoms with van der Waals surface area (Å²) in [6.45, 7) is 8.75. The predicted molar refractivity (Wildman–Crippen MR) is 153 cm³/mol. The minimum atomic E-state index is -4.31. The molecule has 234 valence electrons. The molecule has 0 saturated carbocycles. The number of fused-ring (bicyclic) bond motifs is 1. The molecule has 1 aliphatic heterocycles. The number of aliphatic hydroxyl groups is 1. The number of amides is 1. The third kappa shape index (κ3) is 7.36. The number of carbonyl (C=O) groups is 2. The zero-order valence-electron chi connectivity index (χ0n) is 24.6. The van der Waals surface area contributed by atoms with E-state index in [-0.39, 0.29) is 34.6 Å². The molecular weight excluding hydrogens is 586 g/mol. The van der Waals surface area contributed by atoms with Crippen molar-refractivity contribution in [1.29, 1.82) is 0 Å². The summed E-state index contributed by atoms with van der Waals surface area (Å²) in [4.78, 5) is 37.1. The number of hydrogen-bond acceptors (Lipinski definition) is 11. The number of alkyl halides is 1. The molecule has 16 heteroatoms. The van der Waals surface area contributed by atoms with Crippen LogP contribution in [0, 0.1) is 5.92 Å². The summed E-state index contributed by atoms with van der Waals surface area (Å²) in [5.41, 5.74) is -2.05. The summed E-state index contributed by atoms with van der Waals surface area (Å²) in [6, 6.07) is 7.00. The Kier molecular flexibility index (Phi) is 9.82. The molecule has 1 aromatic carbocycles. The van der Waals surface area contributed by atoms with E-state index in [0.717, 1.165) is 6.92 Å². The van der Waals surface area contributed by atoms with Gasteiger partial charge in [0, 0.05) is 5.92 Å². The van der Waals surface area contributed by atoms with Gasteiger partial charge in [0.2, 0.25) is 5.91 Å². The number of aromatic nitrogens is 4. The van der Waals surface area contributed by atoms with Gasteiger partial charge in [0.15, 0.2) is 28.9 Å². The van der Waals surface area contributed by atoms with Crippen molar-refractivity contribution in [2.24, 2.45) is 5.92 Å². The molecule has 3 heterocycles. The lowest BCUT2D eigenvalue weighted by Crippen LogP contribution is -2.41. The Morgan fingerprint density at radius 2 is 1.86 bits per heavy atom. The number of benzene rings is 1. The summed E-state index contributed by atoms with van der Waals surface area (Å²) in [5, 5.41) is 16.1. The number of rotatable bonds is 12. The lowest BCUT2D eigenvalue weighted by Gasteiger charge is -2.25. The molecule has 0 bridgehead atoms. The monoisotopic (exact) mass is 622 g/mol. The average Bonchev–Trinajstić information content (AvgIpc) is 3.46. The maximum atomic E-state index is 16.1. The van der Waals surface area contributed by atoms with Gasteiger partial charge in [-0.25, -0.2) is 23.9 Å². The average molecular weight is 623 g/mol. The van der Waals surface area contributed by atoms with E-state index in [1.165, 1.54) is 36.3 Å². The Hall–Kier alpha value is -3.49. The van der Waals surface area contributed by atoms with E-state index in [1.807, 2.05) is 0 Å². The van der Waals surface area contributed by atoms with Crippen molar-refractivity contribution in [1.82, 2.24) is 24.6 Å². The van der Waals surface area contributed by atoms with Gasteiger partial charge in [-0.3, -0.25) is 18.7 Å². The molecule has 4 rings (SSSR count). The normalized spacial score (nSPS) is 24.2. The number of para-hydroxylation sites is 1. The van der Waals surface area contributed by atoms with Gasteiger partial charge < -0.3 is 24.4 Å². The number of anilines is 1. The van der Waals surface area contributed by atoms with Crippen LogP contribution in [0.5, 0.6) is 5.75 Å². The standard InChI is InChI=1S/C27H36FN6O8P/c1-15(2)24(36)32-22-20-23(30-13-29-22)34(14-31-20)26-27(6,28)21(35)19(41-26)12-39-43(38,42-18-10-8-7-9-11-18)33-17(5)25(37)40-16(3)4/h7-11,13-17,19,21,26,35H,12H2,1-6H3,(H,33,38)(H,29,30,32,36)/t17-,19+,21+,26+,27+,43?/m0/s1. The highest BCUT2D eigenvalue weighted by atomic mass is 31.2. The number of halogens is 1. The molecule has 0 aliphatic carbocycles. The number of imidazole rings is 1. The molecular formula is C27H36FN6O8P. The molecule has 1 amide bonds. The molecule has 0 spiro atoms. The van der Waals surface area contributed by atoms with Gasteiger partial charge >= 0.3 is 13.7 Å². The van der Waals surface area contributed by atoms with Gasteiger partial charge in [-0.1, -0.05) is 32.0 Å². The fraction of sp³-hybridized carbons (Fsp3) is 0.519. The van der Waals surface area contributed by atoms with Crippen LogP contribution in [0.25, 0.3) is 11.2 Å². The van der Waals surface area contributed by atoms with Gasteiger partial charge in [-0.05, 0) is 39.8 Å². The molecule has 1 fully saturated rings. The van der Waals surface area contributed by atoms with Crippen molar-refractivity contribution in [2.45, 2.75) is 77.8 Å². The molecule has 3 N–H and O–H groups in total. The zero-order valence-corrected chi connectivity index (χ0v) is 25.5. The Morgan fingerprint density at radius 3 is 2.51 bits per heavy atom. The fourth-order valence-corrected chi connectivity index (χ4v) is 5.73. The van der Waals surface area contributed by atoms with E-state index >= 15 is 4.39 Å². The number of ether oxygens (including phenoxy) is 2. The summed E-state index contributed by atoms with van der Waals surface area (Å²) >= 11 is 0. The van der Waals surface area contributed by atoms with E-state index in [4.69, 9.17) is 18.5 Å². The van der Waals surface area contributed by atoms with E-state index in [1.54, 1.807) is 45.9 Å². The number of nitrogens with zero attached hydrogens (tertiary/aromatic N) is 4.